The minimum Gasteiger partial charge on any atom is -0.396 e. The number of nitrogens with zero attached hydrogens (tertiary/aromatic N) is 1. The molecule has 0 bridgehead atoms. The molecule has 1 heterocycles. The molecule has 1 rings (SSSR count). The number of aliphatic hydroxyl groups is 1. The number of thiocarbonyl (C=S) groups is 1. The molecule has 4 heteroatoms. The Balaban J connectivity index is 2.12. The van der Waals surface area contributed by atoms with E-state index in [-0.39, 0.29) is 0 Å². The zero-order valence-electron chi connectivity index (χ0n) is 8.61. The van der Waals surface area contributed by atoms with E-state index >= 15 is 0 Å². The monoisotopic (exact) mass is 216 g/mol. The maximum Gasteiger partial charge on any atom is 0.0759 e. The van der Waals surface area contributed by atoms with Crippen LogP contribution in [-0.2, 0) is 0 Å². The van der Waals surface area contributed by atoms with Crippen LogP contribution in [0.4, 0.5) is 0 Å². The molecule has 0 saturated carbocycles. The summed E-state index contributed by atoms with van der Waals surface area (Å²) in [5.41, 5.74) is 5.61. The van der Waals surface area contributed by atoms with E-state index in [2.05, 4.69) is 4.90 Å². The molecule has 0 aromatic heterocycles. The van der Waals surface area contributed by atoms with Crippen molar-refractivity contribution >= 4 is 17.2 Å². The van der Waals surface area contributed by atoms with Gasteiger partial charge in [0, 0.05) is 12.5 Å². The second kappa shape index (κ2) is 6.32. The highest BCUT2D eigenvalue weighted by atomic mass is 32.1. The van der Waals surface area contributed by atoms with Crippen LogP contribution in [0.2, 0.25) is 0 Å². The van der Waals surface area contributed by atoms with Gasteiger partial charge in [-0.05, 0) is 45.3 Å². The lowest BCUT2D eigenvalue weighted by atomic mass is 9.97. The molecule has 0 unspecified atom stereocenters. The Kier molecular flexibility index (Phi) is 5.37. The van der Waals surface area contributed by atoms with E-state index < -0.39 is 0 Å². The van der Waals surface area contributed by atoms with Gasteiger partial charge in [0.05, 0.1) is 4.99 Å². The van der Waals surface area contributed by atoms with Gasteiger partial charge in [0.2, 0.25) is 0 Å². The average Bonchev–Trinajstić information content (AvgIpc) is 2.19. The Morgan fingerprint density at radius 1 is 1.36 bits per heavy atom. The smallest absolute Gasteiger partial charge is 0.0759 e. The Morgan fingerprint density at radius 3 is 2.50 bits per heavy atom. The van der Waals surface area contributed by atoms with Crippen LogP contribution in [0.5, 0.6) is 0 Å². The zero-order valence-corrected chi connectivity index (χ0v) is 9.43. The number of hydrogen-bond acceptors (Lipinski definition) is 3. The third kappa shape index (κ3) is 3.90. The fourth-order valence-corrected chi connectivity index (χ4v) is 2.12. The first-order valence-corrected chi connectivity index (χ1v) is 5.77. The second-order valence-electron chi connectivity index (χ2n) is 3.95. The molecule has 0 atom stereocenters. The van der Waals surface area contributed by atoms with Gasteiger partial charge in [0.1, 0.15) is 0 Å². The van der Waals surface area contributed by atoms with Crippen molar-refractivity contribution in [3.8, 4) is 0 Å². The summed E-state index contributed by atoms with van der Waals surface area (Å²) in [7, 11) is 0. The highest BCUT2D eigenvalue weighted by Crippen LogP contribution is 2.17. The normalized spacial score (nSPS) is 19.8. The van der Waals surface area contributed by atoms with Crippen molar-refractivity contribution in [1.82, 2.24) is 4.90 Å². The van der Waals surface area contributed by atoms with Crippen LogP contribution in [0.25, 0.3) is 0 Å². The van der Waals surface area contributed by atoms with Crippen LogP contribution in [0, 0.1) is 5.92 Å². The van der Waals surface area contributed by atoms with Crippen molar-refractivity contribution in [3.63, 3.8) is 0 Å². The summed E-state index contributed by atoms with van der Waals surface area (Å²) in [5, 5.41) is 8.66. The molecular weight excluding hydrogens is 196 g/mol. The predicted molar refractivity (Wildman–Crippen MR) is 62.3 cm³/mol. The third-order valence-corrected chi connectivity index (χ3v) is 3.21. The van der Waals surface area contributed by atoms with E-state index in [1.807, 2.05) is 0 Å². The van der Waals surface area contributed by atoms with Gasteiger partial charge in [-0.1, -0.05) is 12.2 Å². The number of unbranched alkanes of at least 4 members (excludes halogenated alkanes) is 1. The summed E-state index contributed by atoms with van der Waals surface area (Å²) in [4.78, 5) is 3.12. The van der Waals surface area contributed by atoms with Crippen LogP contribution in [-0.4, -0.2) is 41.2 Å². The summed E-state index contributed by atoms with van der Waals surface area (Å²) in [6, 6.07) is 0. The molecule has 0 aromatic rings. The van der Waals surface area contributed by atoms with Gasteiger partial charge in [0.15, 0.2) is 0 Å². The van der Waals surface area contributed by atoms with Crippen LogP contribution >= 0.6 is 12.2 Å². The Morgan fingerprint density at radius 2 is 2.00 bits per heavy atom. The molecule has 0 radical (unpaired) electrons. The zero-order chi connectivity index (χ0) is 10.4. The van der Waals surface area contributed by atoms with Gasteiger partial charge < -0.3 is 15.7 Å². The van der Waals surface area contributed by atoms with Crippen LogP contribution in [0.1, 0.15) is 25.7 Å². The number of nitrogens with two attached hydrogens (primary N) is 1. The van der Waals surface area contributed by atoms with Gasteiger partial charge in [-0.25, -0.2) is 0 Å². The average molecular weight is 216 g/mol. The Labute approximate surface area is 91.3 Å². The molecule has 0 amide bonds. The van der Waals surface area contributed by atoms with Gasteiger partial charge in [0.25, 0.3) is 0 Å². The largest absolute Gasteiger partial charge is 0.396 e. The summed E-state index contributed by atoms with van der Waals surface area (Å²) < 4.78 is 0. The quantitative estimate of drug-likeness (QED) is 0.526. The SMILES string of the molecule is NC(=S)C1CCN(CCCCO)CC1. The van der Waals surface area contributed by atoms with E-state index in [1.165, 1.54) is 0 Å². The minimum atomic E-state index is 0.309. The number of aliphatic hydroxyl groups excluding tert-OH is 1. The number of likely N-dealkylation sites (tertiary alicyclic amines) is 1. The van der Waals surface area contributed by atoms with Crippen molar-refractivity contribution in [2.24, 2.45) is 11.7 Å². The molecule has 3 nitrogen and oxygen atoms in total. The lowest BCUT2D eigenvalue weighted by Gasteiger charge is -2.31. The maximum absolute atomic E-state index is 8.66. The molecule has 3 N–H and O–H groups in total. The highest BCUT2D eigenvalue weighted by Gasteiger charge is 2.20. The van der Waals surface area contributed by atoms with Crippen LogP contribution < -0.4 is 5.73 Å². The fraction of sp³-hybridized carbons (Fsp3) is 0.900. The van der Waals surface area contributed by atoms with Gasteiger partial charge in [-0.3, -0.25) is 0 Å². The summed E-state index contributed by atoms with van der Waals surface area (Å²) >= 11 is 4.99. The van der Waals surface area contributed by atoms with Crippen molar-refractivity contribution in [2.45, 2.75) is 25.7 Å². The number of hydrogen-bond donors (Lipinski definition) is 2. The minimum absolute atomic E-state index is 0.309. The maximum atomic E-state index is 8.66. The third-order valence-electron chi connectivity index (χ3n) is 2.87. The molecule has 82 valence electrons. The molecule has 1 aliphatic rings. The Hall–Kier alpha value is -0.190. The van der Waals surface area contributed by atoms with Crippen molar-refractivity contribution in [1.29, 1.82) is 0 Å². The van der Waals surface area contributed by atoms with Crippen molar-refractivity contribution in [2.75, 3.05) is 26.2 Å². The molecule has 0 spiro atoms. The first-order valence-electron chi connectivity index (χ1n) is 5.36. The second-order valence-corrected chi connectivity index (χ2v) is 4.42. The standard InChI is InChI=1S/C10H20N2OS/c11-10(14)9-3-6-12(7-4-9)5-1-2-8-13/h9,13H,1-8H2,(H2,11,14). The van der Waals surface area contributed by atoms with Crippen molar-refractivity contribution < 1.29 is 5.11 Å². The molecule has 1 saturated heterocycles. The van der Waals surface area contributed by atoms with Gasteiger partial charge >= 0.3 is 0 Å². The summed E-state index contributed by atoms with van der Waals surface area (Å²) in [6.45, 7) is 3.62. The topological polar surface area (TPSA) is 49.5 Å². The Bertz CT molecular complexity index is 179. The molecule has 0 aliphatic carbocycles. The van der Waals surface area contributed by atoms with E-state index in [4.69, 9.17) is 23.1 Å². The lowest BCUT2D eigenvalue weighted by molar-refractivity contribution is 0.197. The molecule has 0 aromatic carbocycles. The molecular formula is C10H20N2OS. The first-order chi connectivity index (χ1) is 6.74. The van der Waals surface area contributed by atoms with E-state index in [0.29, 0.717) is 17.5 Å². The summed E-state index contributed by atoms with van der Waals surface area (Å²) in [5.74, 6) is 0.457. The molecule has 1 aliphatic heterocycles. The van der Waals surface area contributed by atoms with Gasteiger partial charge in [-0.15, -0.1) is 0 Å². The van der Waals surface area contributed by atoms with Crippen molar-refractivity contribution in [3.05, 3.63) is 0 Å². The molecule has 14 heavy (non-hydrogen) atoms. The van der Waals surface area contributed by atoms with Crippen LogP contribution in [0.15, 0.2) is 0 Å². The lowest BCUT2D eigenvalue weighted by Crippen LogP contribution is -2.38. The highest BCUT2D eigenvalue weighted by molar-refractivity contribution is 7.80. The molecule has 1 fully saturated rings. The first kappa shape index (κ1) is 11.9. The number of rotatable bonds is 5. The van der Waals surface area contributed by atoms with E-state index in [0.717, 1.165) is 45.3 Å². The van der Waals surface area contributed by atoms with Gasteiger partial charge in [-0.2, -0.15) is 0 Å². The van der Waals surface area contributed by atoms with Crippen LogP contribution in [0.3, 0.4) is 0 Å². The summed E-state index contributed by atoms with van der Waals surface area (Å²) in [6.07, 6.45) is 4.21. The van der Waals surface area contributed by atoms with E-state index in [9.17, 15) is 0 Å². The van der Waals surface area contributed by atoms with E-state index in [1.54, 1.807) is 0 Å². The fourth-order valence-electron chi connectivity index (χ4n) is 1.89. The number of piperidine rings is 1. The predicted octanol–water partition coefficient (Wildman–Crippen LogP) is 0.757.